The third kappa shape index (κ3) is 4.63. The topological polar surface area (TPSA) is 38.3 Å². The van der Waals surface area contributed by atoms with Crippen LogP contribution in [0.25, 0.3) is 0 Å². The molecule has 0 radical (unpaired) electrons. The molecule has 3 nitrogen and oxygen atoms in total. The summed E-state index contributed by atoms with van der Waals surface area (Å²) in [5.74, 6) is 0.582. The fourth-order valence-electron chi connectivity index (χ4n) is 2.07. The molecule has 0 spiro atoms. The lowest BCUT2D eigenvalue weighted by Crippen LogP contribution is -2.31. The van der Waals surface area contributed by atoms with Crippen LogP contribution >= 0.6 is 0 Å². The maximum absolute atomic E-state index is 11.9. The van der Waals surface area contributed by atoms with Crippen LogP contribution in [0.4, 0.5) is 0 Å². The van der Waals surface area contributed by atoms with Crippen LogP contribution in [0.15, 0.2) is 54.6 Å². The molecule has 0 heterocycles. The lowest BCUT2D eigenvalue weighted by molar-refractivity contribution is -0.123. The number of rotatable bonds is 6. The highest BCUT2D eigenvalue weighted by Gasteiger charge is 2.10. The van der Waals surface area contributed by atoms with Gasteiger partial charge in [0.25, 0.3) is 5.91 Å². The molecule has 1 atom stereocenters. The van der Waals surface area contributed by atoms with Crippen molar-refractivity contribution in [2.45, 2.75) is 26.3 Å². The predicted octanol–water partition coefficient (Wildman–Crippen LogP) is 3.51. The second kappa shape index (κ2) is 7.48. The van der Waals surface area contributed by atoms with Crippen molar-refractivity contribution in [3.63, 3.8) is 0 Å². The van der Waals surface area contributed by atoms with E-state index in [0.717, 1.165) is 12.0 Å². The Bertz CT molecular complexity index is 564. The monoisotopic (exact) mass is 283 g/mol. The van der Waals surface area contributed by atoms with Gasteiger partial charge in [-0.25, -0.2) is 0 Å². The van der Waals surface area contributed by atoms with Crippen LogP contribution in [0.3, 0.4) is 0 Å². The summed E-state index contributed by atoms with van der Waals surface area (Å²) >= 11 is 0. The molecular formula is C18H21NO2. The van der Waals surface area contributed by atoms with E-state index < -0.39 is 0 Å². The molecule has 0 saturated carbocycles. The summed E-state index contributed by atoms with van der Waals surface area (Å²) in [7, 11) is 0. The van der Waals surface area contributed by atoms with Gasteiger partial charge in [-0.05, 0) is 36.6 Å². The molecule has 0 aliphatic rings. The Kier molecular flexibility index (Phi) is 5.38. The maximum Gasteiger partial charge on any atom is 0.258 e. The Morgan fingerprint density at radius 1 is 1.10 bits per heavy atom. The lowest BCUT2D eigenvalue weighted by atomic mass is 10.1. The zero-order valence-corrected chi connectivity index (χ0v) is 12.5. The number of carbonyl (C=O) groups is 1. The lowest BCUT2D eigenvalue weighted by Gasteiger charge is -2.15. The summed E-state index contributed by atoms with van der Waals surface area (Å²) in [6.07, 6.45) is 1.02. The van der Waals surface area contributed by atoms with Gasteiger partial charge in [-0.2, -0.15) is 0 Å². The molecule has 2 rings (SSSR count). The number of amides is 1. The van der Waals surface area contributed by atoms with Crippen LogP contribution in [0.2, 0.25) is 0 Å². The second-order valence-electron chi connectivity index (χ2n) is 4.99. The average Bonchev–Trinajstić information content (AvgIpc) is 2.54. The highest BCUT2D eigenvalue weighted by molar-refractivity contribution is 5.78. The highest BCUT2D eigenvalue weighted by Crippen LogP contribution is 2.14. The van der Waals surface area contributed by atoms with Gasteiger partial charge in [0.2, 0.25) is 0 Å². The van der Waals surface area contributed by atoms with Gasteiger partial charge in [0.1, 0.15) is 5.75 Å². The van der Waals surface area contributed by atoms with Gasteiger partial charge in [0.15, 0.2) is 6.61 Å². The zero-order valence-electron chi connectivity index (χ0n) is 12.5. The van der Waals surface area contributed by atoms with Crippen LogP contribution in [-0.2, 0) is 11.2 Å². The Morgan fingerprint density at radius 3 is 2.38 bits per heavy atom. The molecule has 0 aromatic heterocycles. The molecule has 21 heavy (non-hydrogen) atoms. The fraction of sp³-hybridized carbons (Fsp3) is 0.278. The Hall–Kier alpha value is -2.29. The van der Waals surface area contributed by atoms with E-state index in [1.807, 2.05) is 37.3 Å². The van der Waals surface area contributed by atoms with E-state index in [2.05, 4.69) is 36.5 Å². The Morgan fingerprint density at radius 2 is 1.76 bits per heavy atom. The predicted molar refractivity (Wildman–Crippen MR) is 84.3 cm³/mol. The van der Waals surface area contributed by atoms with Crippen LogP contribution < -0.4 is 10.1 Å². The van der Waals surface area contributed by atoms with Crippen LogP contribution in [0.1, 0.15) is 31.0 Å². The Balaban J connectivity index is 1.83. The summed E-state index contributed by atoms with van der Waals surface area (Å²) in [5, 5.41) is 2.94. The fourth-order valence-corrected chi connectivity index (χ4v) is 2.07. The zero-order chi connectivity index (χ0) is 15.1. The van der Waals surface area contributed by atoms with Crippen molar-refractivity contribution < 1.29 is 9.53 Å². The van der Waals surface area contributed by atoms with Gasteiger partial charge in [0.05, 0.1) is 6.04 Å². The Labute approximate surface area is 126 Å². The molecule has 1 N–H and O–H groups in total. The van der Waals surface area contributed by atoms with Gasteiger partial charge in [-0.3, -0.25) is 4.79 Å². The quantitative estimate of drug-likeness (QED) is 0.881. The average molecular weight is 283 g/mol. The number of carbonyl (C=O) groups excluding carboxylic acids is 1. The van der Waals surface area contributed by atoms with E-state index in [4.69, 9.17) is 4.74 Å². The summed E-state index contributed by atoms with van der Waals surface area (Å²) in [4.78, 5) is 11.9. The van der Waals surface area contributed by atoms with Crippen molar-refractivity contribution in [3.05, 3.63) is 65.7 Å². The minimum absolute atomic E-state index is 0.0252. The molecule has 0 bridgehead atoms. The summed E-state index contributed by atoms with van der Waals surface area (Å²) < 4.78 is 5.43. The number of para-hydroxylation sites is 1. The number of hydrogen-bond acceptors (Lipinski definition) is 2. The minimum Gasteiger partial charge on any atom is -0.484 e. The molecule has 0 fully saturated rings. The van der Waals surface area contributed by atoms with E-state index in [1.165, 1.54) is 5.56 Å². The van der Waals surface area contributed by atoms with Crippen molar-refractivity contribution in [1.29, 1.82) is 0 Å². The highest BCUT2D eigenvalue weighted by atomic mass is 16.5. The molecule has 1 amide bonds. The van der Waals surface area contributed by atoms with Crippen molar-refractivity contribution in [3.8, 4) is 5.75 Å². The number of hydrogen-bond donors (Lipinski definition) is 1. The molecule has 0 unspecified atom stereocenters. The maximum atomic E-state index is 11.9. The number of benzene rings is 2. The van der Waals surface area contributed by atoms with Crippen LogP contribution in [0.5, 0.6) is 5.75 Å². The van der Waals surface area contributed by atoms with Gasteiger partial charge >= 0.3 is 0 Å². The first kappa shape index (κ1) is 15.1. The van der Waals surface area contributed by atoms with Gasteiger partial charge in [0, 0.05) is 0 Å². The summed E-state index contributed by atoms with van der Waals surface area (Å²) in [6, 6.07) is 17.6. The van der Waals surface area contributed by atoms with Crippen molar-refractivity contribution in [1.82, 2.24) is 5.32 Å². The molecular weight excluding hydrogens is 262 g/mol. The van der Waals surface area contributed by atoms with E-state index >= 15 is 0 Å². The second-order valence-corrected chi connectivity index (χ2v) is 4.99. The van der Waals surface area contributed by atoms with Crippen molar-refractivity contribution in [2.75, 3.05) is 6.61 Å². The number of nitrogens with one attached hydrogen (secondary N) is 1. The molecule has 2 aromatic rings. The normalized spacial score (nSPS) is 11.7. The first-order valence-electron chi connectivity index (χ1n) is 7.25. The smallest absolute Gasteiger partial charge is 0.258 e. The van der Waals surface area contributed by atoms with Gasteiger partial charge in [-0.15, -0.1) is 0 Å². The molecule has 2 aromatic carbocycles. The van der Waals surface area contributed by atoms with Crippen molar-refractivity contribution in [2.24, 2.45) is 0 Å². The van der Waals surface area contributed by atoms with Gasteiger partial charge in [-0.1, -0.05) is 49.4 Å². The molecule has 3 heteroatoms. The van der Waals surface area contributed by atoms with Gasteiger partial charge < -0.3 is 10.1 Å². The number of ether oxygens (including phenoxy) is 1. The SMILES string of the molecule is CCc1ccc([C@@H](C)NC(=O)COc2ccccc2)cc1. The molecule has 0 aliphatic heterocycles. The molecule has 0 aliphatic carbocycles. The molecule has 110 valence electrons. The summed E-state index contributed by atoms with van der Waals surface area (Å²) in [5.41, 5.74) is 2.39. The third-order valence-electron chi connectivity index (χ3n) is 3.38. The number of aryl methyl sites for hydroxylation is 1. The summed E-state index contributed by atoms with van der Waals surface area (Å²) in [6.45, 7) is 4.13. The van der Waals surface area contributed by atoms with E-state index in [1.54, 1.807) is 0 Å². The largest absolute Gasteiger partial charge is 0.484 e. The molecule has 0 saturated heterocycles. The van der Waals surface area contributed by atoms with E-state index in [-0.39, 0.29) is 18.6 Å². The van der Waals surface area contributed by atoms with E-state index in [0.29, 0.717) is 5.75 Å². The van der Waals surface area contributed by atoms with Crippen LogP contribution in [0, 0.1) is 0 Å². The van der Waals surface area contributed by atoms with Crippen LogP contribution in [-0.4, -0.2) is 12.5 Å². The third-order valence-corrected chi connectivity index (χ3v) is 3.38. The minimum atomic E-state index is -0.120. The first-order chi connectivity index (χ1) is 10.2. The standard InChI is InChI=1S/C18H21NO2/c1-3-15-9-11-16(12-10-15)14(2)19-18(20)13-21-17-7-5-4-6-8-17/h4-12,14H,3,13H2,1-2H3,(H,19,20)/t14-/m1/s1. The van der Waals surface area contributed by atoms with E-state index in [9.17, 15) is 4.79 Å². The first-order valence-corrected chi connectivity index (χ1v) is 7.25. The van der Waals surface area contributed by atoms with Crippen molar-refractivity contribution >= 4 is 5.91 Å².